The van der Waals surface area contributed by atoms with Gasteiger partial charge in [0.1, 0.15) is 0 Å². The van der Waals surface area contributed by atoms with Crippen molar-refractivity contribution in [3.63, 3.8) is 0 Å². The first-order valence-electron chi connectivity index (χ1n) is 5.99. The van der Waals surface area contributed by atoms with Crippen LogP contribution >= 0.6 is 15.9 Å². The van der Waals surface area contributed by atoms with Gasteiger partial charge in [-0.3, -0.25) is 4.90 Å². The van der Waals surface area contributed by atoms with Gasteiger partial charge >= 0.3 is 0 Å². The molecule has 88 valence electrons. The smallest absolute Gasteiger partial charge is 0.0237 e. The predicted molar refractivity (Wildman–Crippen MR) is 71.5 cm³/mol. The predicted octanol–water partition coefficient (Wildman–Crippen LogP) is 2.63. The van der Waals surface area contributed by atoms with Gasteiger partial charge in [0.2, 0.25) is 0 Å². The first-order chi connectivity index (χ1) is 7.79. The van der Waals surface area contributed by atoms with Crippen LogP contribution in [-0.2, 0) is 6.54 Å². The van der Waals surface area contributed by atoms with E-state index in [0.717, 1.165) is 24.1 Å². The van der Waals surface area contributed by atoms with E-state index in [1.165, 1.54) is 18.5 Å². The van der Waals surface area contributed by atoms with Crippen molar-refractivity contribution in [2.45, 2.75) is 25.9 Å². The van der Waals surface area contributed by atoms with Crippen molar-refractivity contribution in [3.05, 3.63) is 34.3 Å². The zero-order chi connectivity index (χ0) is 11.4. The second-order valence-corrected chi connectivity index (χ2v) is 5.25. The van der Waals surface area contributed by atoms with Crippen LogP contribution in [0.3, 0.4) is 0 Å². The molecule has 0 bridgehead atoms. The summed E-state index contributed by atoms with van der Waals surface area (Å²) in [6.45, 7) is 6.75. The molecule has 1 heterocycles. The second-order valence-electron chi connectivity index (χ2n) is 4.34. The number of halogens is 1. The first kappa shape index (κ1) is 12.1. The molecular weight excluding hydrogens is 264 g/mol. The summed E-state index contributed by atoms with van der Waals surface area (Å²) in [5, 5.41) is 3.43. The third-order valence-corrected chi connectivity index (χ3v) is 3.78. The molecular formula is C13H19BrN2. The lowest BCUT2D eigenvalue weighted by atomic mass is 10.1. The molecule has 1 fully saturated rings. The average Bonchev–Trinajstić information content (AvgIpc) is 2.82. The molecule has 0 saturated carbocycles. The standard InChI is InChI=1S/C13H19BrN2/c1-2-16(13-7-8-15-9-13)10-11-3-5-12(14)6-4-11/h3-6,13,15H,2,7-10H2,1H3. The van der Waals surface area contributed by atoms with Crippen LogP contribution in [0.5, 0.6) is 0 Å². The molecule has 1 aromatic rings. The van der Waals surface area contributed by atoms with Gasteiger partial charge in [0, 0.05) is 23.6 Å². The number of hydrogen-bond acceptors (Lipinski definition) is 2. The van der Waals surface area contributed by atoms with E-state index in [-0.39, 0.29) is 0 Å². The Morgan fingerprint density at radius 2 is 2.12 bits per heavy atom. The van der Waals surface area contributed by atoms with Crippen molar-refractivity contribution in [3.8, 4) is 0 Å². The summed E-state index contributed by atoms with van der Waals surface area (Å²) >= 11 is 3.47. The molecule has 1 unspecified atom stereocenters. The maximum atomic E-state index is 3.47. The van der Waals surface area contributed by atoms with E-state index >= 15 is 0 Å². The molecule has 16 heavy (non-hydrogen) atoms. The molecule has 0 aromatic heterocycles. The average molecular weight is 283 g/mol. The Balaban J connectivity index is 1.97. The number of likely N-dealkylation sites (N-methyl/N-ethyl adjacent to an activating group) is 1. The highest BCUT2D eigenvalue weighted by Gasteiger charge is 2.20. The van der Waals surface area contributed by atoms with Crippen molar-refractivity contribution < 1.29 is 0 Å². The van der Waals surface area contributed by atoms with E-state index in [0.29, 0.717) is 6.04 Å². The minimum Gasteiger partial charge on any atom is -0.315 e. The first-order valence-corrected chi connectivity index (χ1v) is 6.78. The van der Waals surface area contributed by atoms with Crippen LogP contribution in [0.2, 0.25) is 0 Å². The van der Waals surface area contributed by atoms with Gasteiger partial charge in [0.15, 0.2) is 0 Å². The van der Waals surface area contributed by atoms with Crippen LogP contribution in [0.4, 0.5) is 0 Å². The van der Waals surface area contributed by atoms with Crippen LogP contribution in [0.1, 0.15) is 18.9 Å². The van der Waals surface area contributed by atoms with Crippen molar-refractivity contribution >= 4 is 15.9 Å². The third-order valence-electron chi connectivity index (χ3n) is 3.26. The molecule has 0 aliphatic carbocycles. The molecule has 1 N–H and O–H groups in total. The molecule has 1 saturated heterocycles. The summed E-state index contributed by atoms with van der Waals surface area (Å²) in [4.78, 5) is 2.56. The highest BCUT2D eigenvalue weighted by Crippen LogP contribution is 2.15. The maximum Gasteiger partial charge on any atom is 0.0237 e. The molecule has 1 aliphatic heterocycles. The zero-order valence-corrected chi connectivity index (χ0v) is 11.3. The monoisotopic (exact) mass is 282 g/mol. The molecule has 2 rings (SSSR count). The molecule has 1 atom stereocenters. The van der Waals surface area contributed by atoms with Gasteiger partial charge < -0.3 is 5.32 Å². The summed E-state index contributed by atoms with van der Waals surface area (Å²) < 4.78 is 1.15. The van der Waals surface area contributed by atoms with Crippen LogP contribution in [0, 0.1) is 0 Å². The largest absolute Gasteiger partial charge is 0.315 e. The molecule has 3 heteroatoms. The molecule has 2 nitrogen and oxygen atoms in total. The summed E-state index contributed by atoms with van der Waals surface area (Å²) in [7, 11) is 0. The van der Waals surface area contributed by atoms with Crippen LogP contribution in [0.25, 0.3) is 0 Å². The van der Waals surface area contributed by atoms with Gasteiger partial charge in [-0.05, 0) is 37.2 Å². The van der Waals surface area contributed by atoms with E-state index < -0.39 is 0 Å². The lowest BCUT2D eigenvalue weighted by Crippen LogP contribution is -2.36. The van der Waals surface area contributed by atoms with Crippen molar-refractivity contribution in [2.75, 3.05) is 19.6 Å². The lowest BCUT2D eigenvalue weighted by molar-refractivity contribution is 0.210. The molecule has 0 radical (unpaired) electrons. The van der Waals surface area contributed by atoms with Gasteiger partial charge in [0.05, 0.1) is 0 Å². The summed E-state index contributed by atoms with van der Waals surface area (Å²) in [5.74, 6) is 0. The van der Waals surface area contributed by atoms with Gasteiger partial charge in [0.25, 0.3) is 0 Å². The Kier molecular flexibility index (Phi) is 4.38. The fourth-order valence-corrected chi connectivity index (χ4v) is 2.54. The minimum absolute atomic E-state index is 0.716. The Morgan fingerprint density at radius 1 is 1.38 bits per heavy atom. The van der Waals surface area contributed by atoms with Gasteiger partial charge in [-0.1, -0.05) is 35.0 Å². The van der Waals surface area contributed by atoms with E-state index in [9.17, 15) is 0 Å². The maximum absolute atomic E-state index is 3.47. The van der Waals surface area contributed by atoms with Gasteiger partial charge in [-0.15, -0.1) is 0 Å². The van der Waals surface area contributed by atoms with Gasteiger partial charge in [-0.2, -0.15) is 0 Å². The number of nitrogens with one attached hydrogen (secondary N) is 1. The minimum atomic E-state index is 0.716. The van der Waals surface area contributed by atoms with Crippen LogP contribution in [0.15, 0.2) is 28.7 Å². The Hall–Kier alpha value is -0.380. The molecule has 1 aliphatic rings. The molecule has 0 spiro atoms. The quantitative estimate of drug-likeness (QED) is 0.914. The molecule has 1 aromatic carbocycles. The third kappa shape index (κ3) is 3.06. The topological polar surface area (TPSA) is 15.3 Å². The van der Waals surface area contributed by atoms with Crippen LogP contribution in [-0.4, -0.2) is 30.6 Å². The van der Waals surface area contributed by atoms with Crippen molar-refractivity contribution in [1.29, 1.82) is 0 Å². The fraction of sp³-hybridized carbons (Fsp3) is 0.538. The van der Waals surface area contributed by atoms with Crippen molar-refractivity contribution in [1.82, 2.24) is 10.2 Å². The van der Waals surface area contributed by atoms with E-state index in [1.807, 2.05) is 0 Å². The lowest BCUT2D eigenvalue weighted by Gasteiger charge is -2.26. The number of hydrogen-bond donors (Lipinski definition) is 1. The summed E-state index contributed by atoms with van der Waals surface area (Å²) in [5.41, 5.74) is 1.40. The summed E-state index contributed by atoms with van der Waals surface area (Å²) in [6, 6.07) is 9.37. The van der Waals surface area contributed by atoms with Crippen LogP contribution < -0.4 is 5.32 Å². The highest BCUT2D eigenvalue weighted by atomic mass is 79.9. The number of rotatable bonds is 4. The van der Waals surface area contributed by atoms with E-state index in [1.54, 1.807) is 0 Å². The summed E-state index contributed by atoms with van der Waals surface area (Å²) in [6.07, 6.45) is 1.28. The second kappa shape index (κ2) is 5.80. The van der Waals surface area contributed by atoms with Gasteiger partial charge in [-0.25, -0.2) is 0 Å². The number of nitrogens with zero attached hydrogens (tertiary/aromatic N) is 1. The Bertz CT molecular complexity index is 317. The van der Waals surface area contributed by atoms with Crippen molar-refractivity contribution in [2.24, 2.45) is 0 Å². The van der Waals surface area contributed by atoms with E-state index in [4.69, 9.17) is 0 Å². The Morgan fingerprint density at radius 3 is 2.69 bits per heavy atom. The zero-order valence-electron chi connectivity index (χ0n) is 9.75. The normalized spacial score (nSPS) is 20.6. The molecule has 0 amide bonds. The Labute approximate surface area is 106 Å². The fourth-order valence-electron chi connectivity index (χ4n) is 2.27. The highest BCUT2D eigenvalue weighted by molar-refractivity contribution is 9.10. The number of benzene rings is 1. The SMILES string of the molecule is CCN(Cc1ccc(Br)cc1)C1CCNC1. The van der Waals surface area contributed by atoms with E-state index in [2.05, 4.69) is 57.3 Å².